The first-order valence-corrected chi connectivity index (χ1v) is 14.4. The highest BCUT2D eigenvalue weighted by molar-refractivity contribution is 7.80. The van der Waals surface area contributed by atoms with Crippen molar-refractivity contribution in [3.05, 3.63) is 53.5 Å². The van der Waals surface area contributed by atoms with Crippen LogP contribution in [0.4, 0.5) is 24.7 Å². The molecule has 0 radical (unpaired) electrons. The van der Waals surface area contributed by atoms with Gasteiger partial charge < -0.3 is 30.3 Å². The second kappa shape index (κ2) is 13.4. The van der Waals surface area contributed by atoms with E-state index in [9.17, 15) is 18.7 Å². The molecule has 1 aromatic carbocycles. The summed E-state index contributed by atoms with van der Waals surface area (Å²) in [7, 11) is 3.65. The van der Waals surface area contributed by atoms with Crippen molar-refractivity contribution in [1.82, 2.24) is 19.4 Å². The van der Waals surface area contributed by atoms with E-state index in [0.29, 0.717) is 35.6 Å². The van der Waals surface area contributed by atoms with Gasteiger partial charge in [-0.15, -0.1) is 12.6 Å². The summed E-state index contributed by atoms with van der Waals surface area (Å²) in [6.07, 6.45) is 1.97. The van der Waals surface area contributed by atoms with E-state index in [1.807, 2.05) is 12.1 Å². The average Bonchev–Trinajstić information content (AvgIpc) is 3.27. The minimum absolute atomic E-state index is 0.0814. The van der Waals surface area contributed by atoms with Crippen molar-refractivity contribution in [3.63, 3.8) is 0 Å². The largest absolute Gasteiger partial charge is 0.495 e. The number of anilines is 2. The van der Waals surface area contributed by atoms with Crippen LogP contribution in [-0.2, 0) is 0 Å². The van der Waals surface area contributed by atoms with Crippen molar-refractivity contribution >= 4 is 35.6 Å². The number of hydrogen-bond donors (Lipinski definition) is 4. The molecule has 0 saturated carbocycles. The summed E-state index contributed by atoms with van der Waals surface area (Å²) in [6.45, 7) is 6.73. The zero-order chi connectivity index (χ0) is 31.4. The third-order valence-electron chi connectivity index (χ3n) is 7.49. The van der Waals surface area contributed by atoms with Gasteiger partial charge in [-0.25, -0.2) is 8.91 Å². The van der Waals surface area contributed by atoms with Crippen LogP contribution in [0.25, 0.3) is 5.52 Å². The Morgan fingerprint density at radius 3 is 2.51 bits per heavy atom. The number of piperidine rings is 1. The molecule has 0 unspecified atom stereocenters. The van der Waals surface area contributed by atoms with Crippen LogP contribution < -0.4 is 15.4 Å². The standard InChI is InChI=1S/C29H35FN6O3.CH2F2S/c1-28(12-15-34(3)16-13-28)32-25-9-5-8-23-26(30)22(33-36(23)25)7-6-14-31-21-11-10-20(17-24(21)39-4)27(37)35-18-29(2,38)19-35;2-1(3)4/h5,8-11,17,31-32,38H,12-16,18-19H2,1-4H3;1,4H. The second-order valence-electron chi connectivity index (χ2n) is 11.4. The lowest BCUT2D eigenvalue weighted by Gasteiger charge is -2.44. The maximum atomic E-state index is 15.2. The number of halogens is 3. The summed E-state index contributed by atoms with van der Waals surface area (Å²) in [4.78, 5) is 16.5. The molecule has 0 spiro atoms. The van der Waals surface area contributed by atoms with Gasteiger partial charge in [-0.2, -0.15) is 13.9 Å². The number of pyridine rings is 1. The summed E-state index contributed by atoms with van der Waals surface area (Å²) in [6, 6.07) is 10.5. The number of hydrogen-bond acceptors (Lipinski definition) is 8. The Kier molecular flexibility index (Phi) is 10.0. The Labute approximate surface area is 254 Å². The van der Waals surface area contributed by atoms with Crippen molar-refractivity contribution < 1.29 is 27.8 Å². The quantitative estimate of drug-likeness (QED) is 0.243. The van der Waals surface area contributed by atoms with E-state index in [1.54, 1.807) is 40.6 Å². The first-order chi connectivity index (χ1) is 20.3. The van der Waals surface area contributed by atoms with Crippen LogP contribution in [0.1, 0.15) is 42.7 Å². The Hall–Kier alpha value is -3.60. The van der Waals surface area contributed by atoms with E-state index in [4.69, 9.17) is 4.74 Å². The van der Waals surface area contributed by atoms with Crippen molar-refractivity contribution in [3.8, 4) is 17.6 Å². The molecule has 2 aromatic heterocycles. The van der Waals surface area contributed by atoms with Gasteiger partial charge in [-0.1, -0.05) is 12.0 Å². The number of likely N-dealkylation sites (tertiary alicyclic amines) is 2. The molecule has 13 heteroatoms. The molecule has 3 aromatic rings. The molecule has 2 aliphatic rings. The average molecular weight is 619 g/mol. The van der Waals surface area contributed by atoms with Crippen LogP contribution in [0.5, 0.6) is 5.75 Å². The minimum Gasteiger partial charge on any atom is -0.495 e. The molecule has 232 valence electrons. The first kappa shape index (κ1) is 32.3. The van der Waals surface area contributed by atoms with E-state index in [0.717, 1.165) is 31.7 Å². The third-order valence-corrected chi connectivity index (χ3v) is 7.49. The number of aromatic nitrogens is 2. The Bertz CT molecular complexity index is 1500. The van der Waals surface area contributed by atoms with Crippen molar-refractivity contribution in [2.75, 3.05) is 57.5 Å². The van der Waals surface area contributed by atoms with E-state index in [1.165, 1.54) is 7.11 Å². The first-order valence-electron chi connectivity index (χ1n) is 13.8. The minimum atomic E-state index is -2.47. The Balaban J connectivity index is 0.000000996. The van der Waals surface area contributed by atoms with Crippen LogP contribution in [0.2, 0.25) is 0 Å². The van der Waals surface area contributed by atoms with Crippen molar-refractivity contribution in [1.29, 1.82) is 0 Å². The highest BCUT2D eigenvalue weighted by atomic mass is 32.1. The number of methoxy groups -OCH3 is 1. The van der Waals surface area contributed by atoms with E-state index in [2.05, 4.69) is 59.1 Å². The number of thiol groups is 1. The number of ether oxygens (including phenoxy) is 1. The van der Waals surface area contributed by atoms with Gasteiger partial charge in [0.2, 0.25) is 0 Å². The molecule has 4 heterocycles. The number of carbonyl (C=O) groups is 1. The van der Waals surface area contributed by atoms with E-state index < -0.39 is 17.2 Å². The molecule has 2 aliphatic heterocycles. The van der Waals surface area contributed by atoms with Crippen LogP contribution in [0.3, 0.4) is 0 Å². The molecule has 5 rings (SSSR count). The maximum absolute atomic E-state index is 15.2. The fourth-order valence-corrected chi connectivity index (χ4v) is 5.10. The van der Waals surface area contributed by atoms with Gasteiger partial charge >= 0.3 is 0 Å². The van der Waals surface area contributed by atoms with Crippen LogP contribution in [0.15, 0.2) is 36.4 Å². The summed E-state index contributed by atoms with van der Waals surface area (Å²) >= 11 is 2.63. The SMILES string of the molecule is COc1cc(C(=O)N2CC(C)(O)C2)ccc1NCC#Cc1nn2c(NC3(C)CCN(C)CC3)cccc2c1F.FC(F)S. The van der Waals surface area contributed by atoms with Gasteiger partial charge in [0.05, 0.1) is 38.0 Å². The number of fused-ring (bicyclic) bond motifs is 1. The zero-order valence-corrected chi connectivity index (χ0v) is 25.5. The predicted octanol–water partition coefficient (Wildman–Crippen LogP) is 4.19. The zero-order valence-electron chi connectivity index (χ0n) is 24.6. The van der Waals surface area contributed by atoms with Gasteiger partial charge in [-0.3, -0.25) is 4.79 Å². The Morgan fingerprint density at radius 2 is 1.88 bits per heavy atom. The third kappa shape index (κ3) is 8.07. The number of aliphatic hydroxyl groups is 1. The predicted molar refractivity (Wildman–Crippen MR) is 164 cm³/mol. The van der Waals surface area contributed by atoms with Crippen LogP contribution >= 0.6 is 12.6 Å². The number of alkyl halides is 2. The normalized spacial score (nSPS) is 17.3. The van der Waals surface area contributed by atoms with Gasteiger partial charge in [0.1, 0.15) is 17.1 Å². The highest BCUT2D eigenvalue weighted by Crippen LogP contribution is 2.29. The summed E-state index contributed by atoms with van der Waals surface area (Å²) in [5, 5.41) is 21.1. The van der Waals surface area contributed by atoms with Crippen LogP contribution in [0, 0.1) is 17.7 Å². The lowest BCUT2D eigenvalue weighted by atomic mass is 9.90. The summed E-state index contributed by atoms with van der Waals surface area (Å²) < 4.78 is 42.6. The topological polar surface area (TPSA) is 94.4 Å². The molecular weight excluding hydrogens is 581 g/mol. The number of β-amino-alcohol motifs (C(OH)–C–C–N with tert-alkyl or cyclic N) is 1. The second-order valence-corrected chi connectivity index (χ2v) is 11.8. The number of nitrogens with zero attached hydrogens (tertiary/aromatic N) is 4. The van der Waals surface area contributed by atoms with E-state index >= 15 is 4.39 Å². The molecule has 2 fully saturated rings. The fraction of sp³-hybridized carbons (Fsp3) is 0.467. The number of nitrogens with one attached hydrogen (secondary N) is 2. The van der Waals surface area contributed by atoms with Gasteiger partial charge in [0, 0.05) is 24.2 Å². The number of benzene rings is 1. The molecule has 0 aliphatic carbocycles. The molecule has 1 amide bonds. The molecular formula is C30H37F3N6O3S. The monoisotopic (exact) mass is 618 g/mol. The molecule has 3 N–H and O–H groups in total. The van der Waals surface area contributed by atoms with Crippen molar-refractivity contribution in [2.45, 2.75) is 43.6 Å². The lowest BCUT2D eigenvalue weighted by Crippen LogP contribution is -2.61. The number of rotatable bonds is 6. The molecule has 2 saturated heterocycles. The van der Waals surface area contributed by atoms with Gasteiger partial charge in [0.25, 0.3) is 11.7 Å². The molecule has 9 nitrogen and oxygen atoms in total. The Morgan fingerprint density at radius 1 is 1.21 bits per heavy atom. The molecule has 43 heavy (non-hydrogen) atoms. The summed E-state index contributed by atoms with van der Waals surface area (Å²) in [5.41, 5.74) is 0.671. The van der Waals surface area contributed by atoms with Gasteiger partial charge in [0.15, 0.2) is 11.5 Å². The maximum Gasteiger partial charge on any atom is 0.281 e. The molecule has 0 bridgehead atoms. The molecule has 0 atom stereocenters. The highest BCUT2D eigenvalue weighted by Gasteiger charge is 2.39. The number of amides is 1. The van der Waals surface area contributed by atoms with Crippen molar-refractivity contribution in [2.24, 2.45) is 0 Å². The smallest absolute Gasteiger partial charge is 0.281 e. The summed E-state index contributed by atoms with van der Waals surface area (Å²) in [5.74, 6) is 3.93. The van der Waals surface area contributed by atoms with Gasteiger partial charge in [-0.05, 0) is 70.0 Å². The van der Waals surface area contributed by atoms with Crippen LogP contribution in [-0.4, -0.2) is 94.2 Å². The number of carbonyl (C=O) groups excluding carboxylic acids is 1. The lowest BCUT2D eigenvalue weighted by molar-refractivity contribution is -0.0668. The fourth-order valence-electron chi connectivity index (χ4n) is 5.10. The van der Waals surface area contributed by atoms with E-state index in [-0.39, 0.29) is 23.7 Å².